The van der Waals surface area contributed by atoms with E-state index >= 15 is 0 Å². The second kappa shape index (κ2) is 9.49. The Morgan fingerprint density at radius 3 is 2.62 bits per heavy atom. The Hall–Kier alpha value is -1.56. The van der Waals surface area contributed by atoms with Crippen molar-refractivity contribution in [2.75, 3.05) is 26.7 Å². The average Bonchev–Trinajstić information content (AvgIpc) is 3.10. The van der Waals surface area contributed by atoms with Gasteiger partial charge in [-0.2, -0.15) is 0 Å². The van der Waals surface area contributed by atoms with Crippen molar-refractivity contribution in [1.82, 2.24) is 10.2 Å². The molecule has 39 heavy (non-hydrogen) atoms. The molecule has 0 amide bonds. The molecule has 1 spiro atoms. The van der Waals surface area contributed by atoms with Gasteiger partial charge in [0.2, 0.25) is 0 Å². The third-order valence-corrected chi connectivity index (χ3v) is 11.6. The van der Waals surface area contributed by atoms with Gasteiger partial charge in [-0.15, -0.1) is 0 Å². The molecular formula is C34H50N2O3. The van der Waals surface area contributed by atoms with E-state index in [0.29, 0.717) is 22.8 Å². The Balaban J connectivity index is 0.917. The summed E-state index contributed by atoms with van der Waals surface area (Å²) in [5, 5.41) is 14.5. The smallest absolute Gasteiger partial charge is 0.166 e. The number of nitrogens with zero attached hydrogens (tertiary/aromatic N) is 1. The van der Waals surface area contributed by atoms with Crippen molar-refractivity contribution in [3.63, 3.8) is 0 Å². The zero-order valence-corrected chi connectivity index (χ0v) is 24.6. The first kappa shape index (κ1) is 26.3. The van der Waals surface area contributed by atoms with Gasteiger partial charge in [0.1, 0.15) is 6.10 Å². The van der Waals surface area contributed by atoms with Crippen molar-refractivity contribution >= 4 is 0 Å². The van der Waals surface area contributed by atoms with E-state index in [1.807, 2.05) is 6.08 Å². The van der Waals surface area contributed by atoms with Crippen LogP contribution in [0, 0.1) is 16.7 Å². The standard InChI is InChI=1S/C34H50N2O3/c1-31-17-24-18-32(2,21-31)23-33(19-24,22-31)35-13-6-4-5-7-14-36-15-12-34-11-10-26(37)16-28(34)39-30-27(38-3)9-8-25(20-36)29(30)34/h8-11,24,26,28,35,37H,4-7,12-23H2,1-3H3/t24?,26-,28-,31?,32?,33?,34-/m0/s1. The number of hydrogen-bond acceptors (Lipinski definition) is 5. The molecule has 2 heterocycles. The number of methoxy groups -OCH3 is 1. The Kier molecular flexibility index (Phi) is 6.41. The number of rotatable bonds is 9. The molecule has 5 heteroatoms. The van der Waals surface area contributed by atoms with E-state index in [2.05, 4.69) is 42.3 Å². The van der Waals surface area contributed by atoms with Gasteiger partial charge in [-0.05, 0) is 106 Å². The number of nitrogens with one attached hydrogen (secondary N) is 1. The topological polar surface area (TPSA) is 54.0 Å². The number of ether oxygens (including phenoxy) is 2. The molecule has 5 nitrogen and oxygen atoms in total. The molecule has 7 aliphatic rings. The van der Waals surface area contributed by atoms with Gasteiger partial charge in [-0.25, -0.2) is 0 Å². The molecule has 5 atom stereocenters. The van der Waals surface area contributed by atoms with Gasteiger partial charge in [0, 0.05) is 24.1 Å². The molecule has 2 unspecified atom stereocenters. The van der Waals surface area contributed by atoms with Crippen LogP contribution >= 0.6 is 0 Å². The molecule has 2 aliphatic heterocycles. The zero-order valence-electron chi connectivity index (χ0n) is 24.6. The monoisotopic (exact) mass is 534 g/mol. The summed E-state index contributed by atoms with van der Waals surface area (Å²) in [6.07, 6.45) is 19.4. The molecule has 4 bridgehead atoms. The highest BCUT2D eigenvalue weighted by atomic mass is 16.5. The molecule has 0 aromatic heterocycles. The molecule has 214 valence electrons. The van der Waals surface area contributed by atoms with Crippen LogP contribution in [0.3, 0.4) is 0 Å². The lowest BCUT2D eigenvalue weighted by Gasteiger charge is -2.65. The maximum absolute atomic E-state index is 10.3. The molecule has 2 N–H and O–H groups in total. The van der Waals surface area contributed by atoms with Crippen LogP contribution in [-0.4, -0.2) is 54.5 Å². The summed E-state index contributed by atoms with van der Waals surface area (Å²) in [5.74, 6) is 2.70. The van der Waals surface area contributed by atoms with Crippen LogP contribution in [0.5, 0.6) is 11.5 Å². The Morgan fingerprint density at radius 1 is 1.05 bits per heavy atom. The van der Waals surface area contributed by atoms with Gasteiger partial charge in [0.15, 0.2) is 11.5 Å². The highest BCUT2D eigenvalue weighted by molar-refractivity contribution is 5.61. The number of benzene rings is 1. The van der Waals surface area contributed by atoms with Crippen LogP contribution in [0.25, 0.3) is 0 Å². The molecule has 0 radical (unpaired) electrons. The number of hydrogen-bond donors (Lipinski definition) is 2. The summed E-state index contributed by atoms with van der Waals surface area (Å²) in [4.78, 5) is 2.65. The van der Waals surface area contributed by atoms with Gasteiger partial charge >= 0.3 is 0 Å². The number of aliphatic hydroxyl groups excluding tert-OH is 1. The van der Waals surface area contributed by atoms with E-state index < -0.39 is 6.10 Å². The van der Waals surface area contributed by atoms with Crippen molar-refractivity contribution in [1.29, 1.82) is 0 Å². The lowest BCUT2D eigenvalue weighted by atomic mass is 9.43. The van der Waals surface area contributed by atoms with Crippen LogP contribution in [0.1, 0.15) is 102 Å². The third kappa shape index (κ3) is 4.55. The lowest BCUT2D eigenvalue weighted by molar-refractivity contribution is -0.117. The van der Waals surface area contributed by atoms with Crippen LogP contribution in [-0.2, 0) is 12.0 Å². The fourth-order valence-corrected chi connectivity index (χ4v) is 11.0. The summed E-state index contributed by atoms with van der Waals surface area (Å²) in [7, 11) is 1.73. The fourth-order valence-electron chi connectivity index (χ4n) is 11.0. The van der Waals surface area contributed by atoms with Crippen LogP contribution in [0.15, 0.2) is 24.3 Å². The van der Waals surface area contributed by atoms with Crippen LogP contribution in [0.2, 0.25) is 0 Å². The highest BCUT2D eigenvalue weighted by Gasteiger charge is 2.59. The molecule has 1 aromatic carbocycles. The first-order valence-electron chi connectivity index (χ1n) is 15.9. The molecular weight excluding hydrogens is 484 g/mol. The molecule has 0 saturated heterocycles. The second-order valence-corrected chi connectivity index (χ2v) is 15.2. The number of unbranched alkanes of at least 4 members (excludes halogenated alkanes) is 3. The van der Waals surface area contributed by atoms with E-state index in [-0.39, 0.29) is 11.5 Å². The zero-order chi connectivity index (χ0) is 26.9. The minimum Gasteiger partial charge on any atom is -0.493 e. The maximum atomic E-state index is 10.3. The minimum absolute atomic E-state index is 0.00542. The molecule has 5 aliphatic carbocycles. The van der Waals surface area contributed by atoms with Crippen molar-refractivity contribution in [3.05, 3.63) is 35.4 Å². The molecule has 4 saturated carbocycles. The SMILES string of the molecule is COc1ccc2c3c1O[C@H]1C[C@@H](O)C=C[C@@]31CCN(CCCCCCNC13CC4CC(C)(CC(C)(C4)C1)C3)C2. The van der Waals surface area contributed by atoms with Gasteiger partial charge in [0.25, 0.3) is 0 Å². The van der Waals surface area contributed by atoms with Crippen LogP contribution < -0.4 is 14.8 Å². The summed E-state index contributed by atoms with van der Waals surface area (Å²) < 4.78 is 12.2. The highest BCUT2D eigenvalue weighted by Crippen LogP contribution is 2.66. The van der Waals surface area contributed by atoms with Crippen molar-refractivity contribution in [2.24, 2.45) is 16.7 Å². The fraction of sp³-hybridized carbons (Fsp3) is 0.765. The maximum Gasteiger partial charge on any atom is 0.166 e. The number of aliphatic hydroxyl groups is 1. The van der Waals surface area contributed by atoms with E-state index in [1.54, 1.807) is 7.11 Å². The van der Waals surface area contributed by atoms with Crippen molar-refractivity contribution < 1.29 is 14.6 Å². The Morgan fingerprint density at radius 2 is 1.85 bits per heavy atom. The Bertz CT molecular complexity index is 1110. The second-order valence-electron chi connectivity index (χ2n) is 15.2. The van der Waals surface area contributed by atoms with E-state index in [9.17, 15) is 5.11 Å². The predicted octanol–water partition coefficient (Wildman–Crippen LogP) is 6.12. The van der Waals surface area contributed by atoms with E-state index in [1.165, 1.54) is 81.9 Å². The predicted molar refractivity (Wildman–Crippen MR) is 155 cm³/mol. The van der Waals surface area contributed by atoms with Gasteiger partial charge in [-0.1, -0.05) is 44.9 Å². The van der Waals surface area contributed by atoms with Crippen LogP contribution in [0.4, 0.5) is 0 Å². The summed E-state index contributed by atoms with van der Waals surface area (Å²) in [6, 6.07) is 4.32. The van der Waals surface area contributed by atoms with Gasteiger partial charge in [0.05, 0.1) is 18.6 Å². The first-order valence-corrected chi connectivity index (χ1v) is 15.9. The van der Waals surface area contributed by atoms with E-state index in [4.69, 9.17) is 9.47 Å². The normalized spacial score (nSPS) is 41.7. The lowest BCUT2D eigenvalue weighted by Crippen LogP contribution is -2.64. The first-order chi connectivity index (χ1) is 18.7. The van der Waals surface area contributed by atoms with E-state index in [0.717, 1.165) is 43.5 Å². The quantitative estimate of drug-likeness (QED) is 0.295. The summed E-state index contributed by atoms with van der Waals surface area (Å²) >= 11 is 0. The summed E-state index contributed by atoms with van der Waals surface area (Å²) in [5.41, 5.74) is 4.18. The minimum atomic E-state index is -0.424. The van der Waals surface area contributed by atoms with Crippen molar-refractivity contribution in [2.45, 2.75) is 121 Å². The molecule has 8 rings (SSSR count). The van der Waals surface area contributed by atoms with Gasteiger partial charge < -0.3 is 19.9 Å². The Labute approximate surface area is 235 Å². The largest absolute Gasteiger partial charge is 0.493 e. The summed E-state index contributed by atoms with van der Waals surface area (Å²) in [6.45, 7) is 9.56. The van der Waals surface area contributed by atoms with Gasteiger partial charge in [-0.3, -0.25) is 4.90 Å². The molecule has 4 fully saturated rings. The molecule has 1 aromatic rings. The average molecular weight is 535 g/mol. The third-order valence-electron chi connectivity index (χ3n) is 11.6. The van der Waals surface area contributed by atoms with Crippen molar-refractivity contribution in [3.8, 4) is 11.5 Å².